The van der Waals surface area contributed by atoms with Crippen LogP contribution >= 0.6 is 0 Å². The average Bonchev–Trinajstić information content (AvgIpc) is 2.58. The molecule has 1 aromatic heterocycles. The highest BCUT2D eigenvalue weighted by molar-refractivity contribution is 5.29. The van der Waals surface area contributed by atoms with E-state index in [0.717, 1.165) is 17.9 Å². The van der Waals surface area contributed by atoms with E-state index in [-0.39, 0.29) is 6.61 Å². The van der Waals surface area contributed by atoms with Crippen molar-refractivity contribution in [3.8, 4) is 0 Å². The number of aryl methyl sites for hydroxylation is 2. The van der Waals surface area contributed by atoms with Gasteiger partial charge in [0.1, 0.15) is 5.82 Å². The number of imidazole rings is 1. The van der Waals surface area contributed by atoms with E-state index in [2.05, 4.69) is 40.7 Å². The number of rotatable bonds is 4. The second-order valence-electron chi connectivity index (χ2n) is 4.76. The average molecular weight is 244 g/mol. The van der Waals surface area contributed by atoms with Crippen molar-refractivity contribution in [2.24, 2.45) is 7.05 Å². The monoisotopic (exact) mass is 244 g/mol. The minimum Gasteiger partial charge on any atom is -0.396 e. The summed E-state index contributed by atoms with van der Waals surface area (Å²) in [5.74, 6) is 0.956. The summed E-state index contributed by atoms with van der Waals surface area (Å²) in [5.41, 5.74) is 4.87. The van der Waals surface area contributed by atoms with Gasteiger partial charge >= 0.3 is 0 Å². The summed E-state index contributed by atoms with van der Waals surface area (Å²) >= 11 is 0. The van der Waals surface area contributed by atoms with Crippen LogP contribution in [0.3, 0.4) is 0 Å². The van der Waals surface area contributed by atoms with Crippen LogP contribution in [0.4, 0.5) is 0 Å². The van der Waals surface area contributed by atoms with Gasteiger partial charge in [-0.15, -0.1) is 0 Å². The number of hydrogen-bond donors (Lipinski definition) is 1. The van der Waals surface area contributed by atoms with Crippen molar-refractivity contribution in [1.29, 1.82) is 0 Å². The van der Waals surface area contributed by atoms with E-state index in [9.17, 15) is 0 Å². The van der Waals surface area contributed by atoms with Crippen LogP contribution in [0.25, 0.3) is 0 Å². The smallest absolute Gasteiger partial charge is 0.111 e. The number of nitrogens with zero attached hydrogens (tertiary/aromatic N) is 2. The summed E-state index contributed by atoms with van der Waals surface area (Å²) in [7, 11) is 2.02. The fourth-order valence-electron chi connectivity index (χ4n) is 2.32. The van der Waals surface area contributed by atoms with Crippen LogP contribution in [0.5, 0.6) is 0 Å². The fourth-order valence-corrected chi connectivity index (χ4v) is 2.32. The molecule has 0 unspecified atom stereocenters. The van der Waals surface area contributed by atoms with Crippen molar-refractivity contribution in [1.82, 2.24) is 9.55 Å². The SMILES string of the molecule is Cc1cccc(Cc2c(C)nc(CCO)n2C)c1. The quantitative estimate of drug-likeness (QED) is 0.895. The number of benzene rings is 1. The van der Waals surface area contributed by atoms with Gasteiger partial charge in [-0.1, -0.05) is 29.8 Å². The van der Waals surface area contributed by atoms with Gasteiger partial charge < -0.3 is 9.67 Å². The van der Waals surface area contributed by atoms with E-state index in [1.165, 1.54) is 16.8 Å². The predicted molar refractivity (Wildman–Crippen MR) is 72.7 cm³/mol. The molecule has 2 aromatic rings. The van der Waals surface area contributed by atoms with Gasteiger partial charge in [0.2, 0.25) is 0 Å². The van der Waals surface area contributed by atoms with Gasteiger partial charge in [-0.25, -0.2) is 4.98 Å². The summed E-state index contributed by atoms with van der Waals surface area (Å²) in [6.07, 6.45) is 1.51. The van der Waals surface area contributed by atoms with Crippen molar-refractivity contribution in [3.05, 3.63) is 52.6 Å². The summed E-state index contributed by atoms with van der Waals surface area (Å²) in [6.45, 7) is 4.29. The maximum absolute atomic E-state index is 9.02. The standard InChI is InChI=1S/C15H20N2O/c1-11-5-4-6-13(9-11)10-14-12(2)16-15(7-8-18)17(14)3/h4-6,9,18H,7-8,10H2,1-3H3. The van der Waals surface area contributed by atoms with Crippen molar-refractivity contribution in [2.75, 3.05) is 6.61 Å². The molecular weight excluding hydrogens is 224 g/mol. The Labute approximate surface area is 108 Å². The molecule has 0 bridgehead atoms. The second-order valence-corrected chi connectivity index (χ2v) is 4.76. The molecule has 0 aliphatic carbocycles. The largest absolute Gasteiger partial charge is 0.396 e. The molecule has 0 amide bonds. The molecule has 96 valence electrons. The Bertz CT molecular complexity index is 543. The zero-order valence-corrected chi connectivity index (χ0v) is 11.3. The minimum absolute atomic E-state index is 0.147. The van der Waals surface area contributed by atoms with Crippen LogP contribution in [-0.4, -0.2) is 21.3 Å². The molecule has 0 aliphatic heterocycles. The summed E-state index contributed by atoms with van der Waals surface area (Å²) in [4.78, 5) is 4.52. The van der Waals surface area contributed by atoms with Crippen LogP contribution < -0.4 is 0 Å². The molecule has 1 N–H and O–H groups in total. The first-order valence-electron chi connectivity index (χ1n) is 6.29. The molecule has 18 heavy (non-hydrogen) atoms. The van der Waals surface area contributed by atoms with Crippen LogP contribution in [0.2, 0.25) is 0 Å². The number of aromatic nitrogens is 2. The summed E-state index contributed by atoms with van der Waals surface area (Å²) < 4.78 is 2.11. The Morgan fingerprint density at radius 1 is 1.28 bits per heavy atom. The molecule has 0 saturated heterocycles. The zero-order valence-electron chi connectivity index (χ0n) is 11.3. The maximum Gasteiger partial charge on any atom is 0.111 e. The first kappa shape index (κ1) is 12.8. The lowest BCUT2D eigenvalue weighted by molar-refractivity contribution is 0.295. The zero-order chi connectivity index (χ0) is 13.1. The van der Waals surface area contributed by atoms with Crippen LogP contribution in [0.1, 0.15) is 28.3 Å². The van der Waals surface area contributed by atoms with Crippen LogP contribution in [-0.2, 0) is 19.9 Å². The molecule has 3 nitrogen and oxygen atoms in total. The lowest BCUT2D eigenvalue weighted by Crippen LogP contribution is -2.05. The normalized spacial score (nSPS) is 10.9. The molecule has 2 rings (SSSR count). The molecule has 3 heteroatoms. The highest BCUT2D eigenvalue weighted by Gasteiger charge is 2.11. The van der Waals surface area contributed by atoms with E-state index in [1.54, 1.807) is 0 Å². The third-order valence-electron chi connectivity index (χ3n) is 3.30. The van der Waals surface area contributed by atoms with Gasteiger partial charge in [-0.05, 0) is 19.4 Å². The van der Waals surface area contributed by atoms with Crippen molar-refractivity contribution < 1.29 is 5.11 Å². The third-order valence-corrected chi connectivity index (χ3v) is 3.30. The first-order chi connectivity index (χ1) is 8.61. The van der Waals surface area contributed by atoms with Gasteiger partial charge in [0, 0.05) is 25.6 Å². The topological polar surface area (TPSA) is 38.1 Å². The molecule has 0 spiro atoms. The van der Waals surface area contributed by atoms with E-state index >= 15 is 0 Å². The van der Waals surface area contributed by atoms with Gasteiger partial charge in [0.05, 0.1) is 12.3 Å². The molecule has 1 heterocycles. The van der Waals surface area contributed by atoms with Gasteiger partial charge in [0.25, 0.3) is 0 Å². The van der Waals surface area contributed by atoms with Crippen LogP contribution in [0.15, 0.2) is 24.3 Å². The number of aliphatic hydroxyl groups excluding tert-OH is 1. The van der Waals surface area contributed by atoms with Crippen molar-refractivity contribution >= 4 is 0 Å². The van der Waals surface area contributed by atoms with Crippen molar-refractivity contribution in [2.45, 2.75) is 26.7 Å². The molecule has 1 aromatic carbocycles. The van der Waals surface area contributed by atoms with Crippen LogP contribution in [0, 0.1) is 13.8 Å². The first-order valence-corrected chi connectivity index (χ1v) is 6.29. The lowest BCUT2D eigenvalue weighted by Gasteiger charge is -2.07. The number of aliphatic hydroxyl groups is 1. The summed E-state index contributed by atoms with van der Waals surface area (Å²) in [5, 5.41) is 9.02. The summed E-state index contributed by atoms with van der Waals surface area (Å²) in [6, 6.07) is 8.55. The van der Waals surface area contributed by atoms with Gasteiger partial charge in [-0.2, -0.15) is 0 Å². The molecule has 0 radical (unpaired) electrons. The second kappa shape index (κ2) is 5.36. The van der Waals surface area contributed by atoms with Gasteiger partial charge in [-0.3, -0.25) is 0 Å². The molecular formula is C15H20N2O. The highest BCUT2D eigenvalue weighted by Crippen LogP contribution is 2.16. The highest BCUT2D eigenvalue weighted by atomic mass is 16.3. The van der Waals surface area contributed by atoms with E-state index in [1.807, 2.05) is 14.0 Å². The molecule has 0 saturated carbocycles. The van der Waals surface area contributed by atoms with E-state index in [4.69, 9.17) is 5.11 Å². The minimum atomic E-state index is 0.147. The Hall–Kier alpha value is -1.61. The van der Waals surface area contributed by atoms with E-state index < -0.39 is 0 Å². The lowest BCUT2D eigenvalue weighted by atomic mass is 10.1. The van der Waals surface area contributed by atoms with Gasteiger partial charge in [0.15, 0.2) is 0 Å². The Kier molecular flexibility index (Phi) is 3.82. The Morgan fingerprint density at radius 2 is 2.06 bits per heavy atom. The van der Waals surface area contributed by atoms with E-state index in [0.29, 0.717) is 6.42 Å². The number of hydrogen-bond acceptors (Lipinski definition) is 2. The molecule has 0 atom stereocenters. The maximum atomic E-state index is 9.02. The predicted octanol–water partition coefficient (Wildman–Crippen LogP) is 2.16. The molecule has 0 aliphatic rings. The Morgan fingerprint density at radius 3 is 2.72 bits per heavy atom. The Balaban J connectivity index is 2.29. The fraction of sp³-hybridized carbons (Fsp3) is 0.400. The molecule has 0 fully saturated rings. The van der Waals surface area contributed by atoms with Crippen molar-refractivity contribution in [3.63, 3.8) is 0 Å². The third kappa shape index (κ3) is 2.62.